The van der Waals surface area contributed by atoms with Crippen molar-refractivity contribution in [1.29, 1.82) is 0 Å². The summed E-state index contributed by atoms with van der Waals surface area (Å²) in [5.74, 6) is -4.20. The molecule has 18 heavy (non-hydrogen) atoms. The molecule has 0 amide bonds. The highest BCUT2D eigenvalue weighted by Crippen LogP contribution is 2.44. The Morgan fingerprint density at radius 3 is 2.67 bits per heavy atom. The molecule has 1 aromatic rings. The molecule has 0 saturated carbocycles. The predicted octanol–water partition coefficient (Wildman–Crippen LogP) is 1.60. The van der Waals surface area contributed by atoms with Crippen LogP contribution >= 0.6 is 0 Å². The van der Waals surface area contributed by atoms with Gasteiger partial charge in [-0.2, -0.15) is 8.78 Å². The molecule has 0 aliphatic carbocycles. The fraction of sp³-hybridized carbons (Fsp3) is 0.364. The number of ether oxygens (including phenoxy) is 1. The monoisotopic (exact) mass is 259 g/mol. The van der Waals surface area contributed by atoms with Crippen LogP contribution in [0.2, 0.25) is 0 Å². The van der Waals surface area contributed by atoms with Crippen molar-refractivity contribution in [2.75, 3.05) is 12.3 Å². The van der Waals surface area contributed by atoms with Crippen molar-refractivity contribution in [2.45, 2.75) is 18.4 Å². The zero-order valence-corrected chi connectivity index (χ0v) is 9.58. The van der Waals surface area contributed by atoms with E-state index in [0.29, 0.717) is 0 Å². The van der Waals surface area contributed by atoms with E-state index in [0.717, 1.165) is 19.1 Å². The average Bonchev–Trinajstić information content (AvgIpc) is 2.28. The van der Waals surface area contributed by atoms with Crippen LogP contribution in [-0.2, 0) is 10.3 Å². The van der Waals surface area contributed by atoms with E-state index in [9.17, 15) is 13.2 Å². The Labute approximate surface area is 101 Å². The third kappa shape index (κ3) is 1.75. The molecule has 0 unspecified atom stereocenters. The second-order valence-corrected chi connectivity index (χ2v) is 4.25. The van der Waals surface area contributed by atoms with Crippen molar-refractivity contribution in [1.82, 2.24) is 0 Å². The van der Waals surface area contributed by atoms with Crippen LogP contribution in [0, 0.1) is 5.82 Å². The number of alkyl halides is 2. The van der Waals surface area contributed by atoms with Gasteiger partial charge in [0.05, 0.1) is 0 Å². The Kier molecular flexibility index (Phi) is 2.64. The van der Waals surface area contributed by atoms with Gasteiger partial charge >= 0.3 is 5.92 Å². The third-order valence-corrected chi connectivity index (χ3v) is 2.96. The van der Waals surface area contributed by atoms with E-state index in [1.165, 1.54) is 6.07 Å². The molecular formula is C11H12F3N3O. The number of anilines is 1. The summed E-state index contributed by atoms with van der Waals surface area (Å²) in [6.07, 6.45) is 0. The quantitative estimate of drug-likeness (QED) is 0.752. The van der Waals surface area contributed by atoms with E-state index in [-0.39, 0.29) is 11.3 Å². The van der Waals surface area contributed by atoms with Gasteiger partial charge < -0.3 is 16.2 Å². The van der Waals surface area contributed by atoms with Crippen LogP contribution in [0.25, 0.3) is 0 Å². The Bertz CT molecular complexity index is 518. The van der Waals surface area contributed by atoms with Crippen LogP contribution in [0.5, 0.6) is 0 Å². The molecule has 1 atom stereocenters. The van der Waals surface area contributed by atoms with Gasteiger partial charge in [-0.1, -0.05) is 0 Å². The first kappa shape index (κ1) is 12.5. The molecule has 0 fully saturated rings. The number of benzene rings is 1. The molecule has 0 spiro atoms. The number of hydrogen-bond acceptors (Lipinski definition) is 4. The maximum absolute atomic E-state index is 13.9. The smallest absolute Gasteiger partial charge is 0.310 e. The average molecular weight is 259 g/mol. The molecule has 1 heterocycles. The van der Waals surface area contributed by atoms with Crippen molar-refractivity contribution >= 4 is 11.7 Å². The lowest BCUT2D eigenvalue weighted by molar-refractivity contribution is -0.117. The molecule has 1 aliphatic rings. The van der Waals surface area contributed by atoms with Crippen LogP contribution in [0.15, 0.2) is 23.2 Å². The normalized spacial score (nSPS) is 26.3. The van der Waals surface area contributed by atoms with Crippen molar-refractivity contribution < 1.29 is 17.9 Å². The highest BCUT2D eigenvalue weighted by atomic mass is 19.3. The summed E-state index contributed by atoms with van der Waals surface area (Å²) >= 11 is 0. The SMILES string of the molecule is C[C@]1(c2cc(N)ccc2F)N=C(N)OCC1(F)F. The molecule has 1 aromatic carbocycles. The lowest BCUT2D eigenvalue weighted by atomic mass is 9.85. The topological polar surface area (TPSA) is 73.6 Å². The summed E-state index contributed by atoms with van der Waals surface area (Å²) in [4.78, 5) is 3.57. The number of amidine groups is 1. The van der Waals surface area contributed by atoms with Crippen molar-refractivity contribution in [3.63, 3.8) is 0 Å². The largest absolute Gasteiger partial charge is 0.459 e. The van der Waals surface area contributed by atoms with Gasteiger partial charge in [0, 0.05) is 11.3 Å². The second kappa shape index (κ2) is 3.79. The molecule has 2 rings (SSSR count). The van der Waals surface area contributed by atoms with Crippen LogP contribution < -0.4 is 11.5 Å². The number of nitrogens with two attached hydrogens (primary N) is 2. The Morgan fingerprint density at radius 1 is 1.33 bits per heavy atom. The summed E-state index contributed by atoms with van der Waals surface area (Å²) < 4.78 is 46.1. The van der Waals surface area contributed by atoms with E-state index in [4.69, 9.17) is 11.5 Å². The first-order valence-electron chi connectivity index (χ1n) is 5.18. The Hall–Kier alpha value is -1.92. The minimum Gasteiger partial charge on any atom is -0.459 e. The van der Waals surface area contributed by atoms with Crippen LogP contribution in [-0.4, -0.2) is 18.6 Å². The summed E-state index contributed by atoms with van der Waals surface area (Å²) in [5.41, 5.74) is 8.52. The molecule has 0 bridgehead atoms. The summed E-state index contributed by atoms with van der Waals surface area (Å²) in [6.45, 7) is 0.146. The minimum absolute atomic E-state index is 0.170. The number of rotatable bonds is 1. The maximum atomic E-state index is 13.9. The summed E-state index contributed by atoms with van der Waals surface area (Å²) in [7, 11) is 0. The van der Waals surface area contributed by atoms with E-state index >= 15 is 0 Å². The molecular weight excluding hydrogens is 247 g/mol. The van der Waals surface area contributed by atoms with Crippen molar-refractivity contribution in [3.05, 3.63) is 29.6 Å². The third-order valence-electron chi connectivity index (χ3n) is 2.96. The summed E-state index contributed by atoms with van der Waals surface area (Å²) in [6, 6.07) is 3.04. The van der Waals surface area contributed by atoms with Gasteiger partial charge in [0.25, 0.3) is 6.02 Å². The summed E-state index contributed by atoms with van der Waals surface area (Å²) in [5, 5.41) is 0. The zero-order chi connectivity index (χ0) is 13.6. The zero-order valence-electron chi connectivity index (χ0n) is 9.58. The molecule has 4 N–H and O–H groups in total. The minimum atomic E-state index is -3.38. The van der Waals surface area contributed by atoms with Gasteiger partial charge in [0.15, 0.2) is 12.1 Å². The molecule has 1 aliphatic heterocycles. The van der Waals surface area contributed by atoms with Gasteiger partial charge in [-0.3, -0.25) is 0 Å². The molecule has 0 aromatic heterocycles. The lowest BCUT2D eigenvalue weighted by Gasteiger charge is -2.37. The molecule has 0 saturated heterocycles. The standard InChI is InChI=1S/C11H12F3N3O/c1-10(7-4-6(15)2-3-8(7)12)11(13,14)5-18-9(16)17-10/h2-4H,5,15H2,1H3,(H2,16,17)/t10-/m1/s1. The van der Waals surface area contributed by atoms with Crippen molar-refractivity contribution in [2.24, 2.45) is 10.7 Å². The van der Waals surface area contributed by atoms with Gasteiger partial charge in [-0.15, -0.1) is 0 Å². The van der Waals surface area contributed by atoms with Gasteiger partial charge in [0.1, 0.15) is 5.82 Å². The van der Waals surface area contributed by atoms with E-state index < -0.39 is 29.9 Å². The Balaban J connectivity index is 2.65. The first-order chi connectivity index (χ1) is 8.26. The molecule has 0 radical (unpaired) electrons. The maximum Gasteiger partial charge on any atom is 0.310 e. The predicted molar refractivity (Wildman–Crippen MR) is 60.7 cm³/mol. The second-order valence-electron chi connectivity index (χ2n) is 4.25. The number of aliphatic imine (C=N–C) groups is 1. The highest BCUT2D eigenvalue weighted by Gasteiger charge is 2.56. The first-order valence-corrected chi connectivity index (χ1v) is 5.18. The number of hydrogen-bond donors (Lipinski definition) is 2. The molecule has 7 heteroatoms. The van der Waals surface area contributed by atoms with E-state index in [1.807, 2.05) is 0 Å². The fourth-order valence-electron chi connectivity index (χ4n) is 1.81. The van der Waals surface area contributed by atoms with Crippen molar-refractivity contribution in [3.8, 4) is 0 Å². The Morgan fingerprint density at radius 2 is 2.00 bits per heavy atom. The molecule has 4 nitrogen and oxygen atoms in total. The fourth-order valence-corrected chi connectivity index (χ4v) is 1.81. The lowest BCUT2D eigenvalue weighted by Crippen LogP contribution is -2.51. The molecule has 98 valence electrons. The van der Waals surface area contributed by atoms with E-state index in [1.54, 1.807) is 0 Å². The van der Waals surface area contributed by atoms with Crippen LogP contribution in [0.3, 0.4) is 0 Å². The number of nitrogens with zero attached hydrogens (tertiary/aromatic N) is 1. The van der Waals surface area contributed by atoms with E-state index in [2.05, 4.69) is 9.73 Å². The van der Waals surface area contributed by atoms with Gasteiger partial charge in [-0.25, -0.2) is 9.38 Å². The highest BCUT2D eigenvalue weighted by molar-refractivity contribution is 5.73. The number of nitrogen functional groups attached to an aromatic ring is 1. The van der Waals surface area contributed by atoms with Crippen LogP contribution in [0.1, 0.15) is 12.5 Å². The number of halogens is 3. The van der Waals surface area contributed by atoms with Gasteiger partial charge in [0.2, 0.25) is 0 Å². The van der Waals surface area contributed by atoms with Crippen LogP contribution in [0.4, 0.5) is 18.9 Å². The van der Waals surface area contributed by atoms with Gasteiger partial charge in [-0.05, 0) is 25.1 Å².